The van der Waals surface area contributed by atoms with Crippen molar-refractivity contribution in [3.8, 4) is 0 Å². The van der Waals surface area contributed by atoms with Crippen molar-refractivity contribution in [3.05, 3.63) is 39.4 Å². The molecule has 7 nitrogen and oxygen atoms in total. The second-order valence-corrected chi connectivity index (χ2v) is 5.94. The summed E-state index contributed by atoms with van der Waals surface area (Å²) in [5.74, 6) is 0. The highest BCUT2D eigenvalue weighted by atomic mass is 16.6. The molecule has 0 N–H and O–H groups in total. The molecule has 1 aromatic rings. The van der Waals surface area contributed by atoms with Crippen molar-refractivity contribution in [3.63, 3.8) is 0 Å². The molecule has 1 unspecified atom stereocenters. The summed E-state index contributed by atoms with van der Waals surface area (Å²) in [6, 6.07) is 3.56. The van der Waals surface area contributed by atoms with Gasteiger partial charge >= 0.3 is 6.09 Å². The molecule has 0 radical (unpaired) electrons. The second-order valence-electron chi connectivity index (χ2n) is 5.94. The Morgan fingerprint density at radius 2 is 2.00 bits per heavy atom. The fourth-order valence-corrected chi connectivity index (χ4v) is 1.99. The molecular formula is C15H20N2O5. The number of ether oxygens (including phenoxy) is 1. The summed E-state index contributed by atoms with van der Waals surface area (Å²) in [4.78, 5) is 35.2. The van der Waals surface area contributed by atoms with E-state index in [1.807, 2.05) is 0 Å². The highest BCUT2D eigenvalue weighted by molar-refractivity contribution is 5.76. The maximum absolute atomic E-state index is 12.1. The quantitative estimate of drug-likeness (QED) is 0.484. The molecule has 22 heavy (non-hydrogen) atoms. The van der Waals surface area contributed by atoms with Crippen LogP contribution < -0.4 is 0 Å². The van der Waals surface area contributed by atoms with Gasteiger partial charge in [0.2, 0.25) is 0 Å². The van der Waals surface area contributed by atoms with E-state index in [1.165, 1.54) is 13.1 Å². The molecule has 7 heteroatoms. The Morgan fingerprint density at radius 1 is 1.41 bits per heavy atom. The summed E-state index contributed by atoms with van der Waals surface area (Å²) >= 11 is 0. The first-order chi connectivity index (χ1) is 10.1. The number of hydrogen-bond donors (Lipinski definition) is 0. The van der Waals surface area contributed by atoms with Crippen LogP contribution >= 0.6 is 0 Å². The van der Waals surface area contributed by atoms with Crippen LogP contribution in [0.2, 0.25) is 0 Å². The second kappa shape index (κ2) is 6.55. The number of hydrogen-bond acceptors (Lipinski definition) is 5. The smallest absolute Gasteiger partial charge is 0.410 e. The maximum atomic E-state index is 12.1. The Morgan fingerprint density at radius 3 is 2.45 bits per heavy atom. The largest absolute Gasteiger partial charge is 0.444 e. The molecule has 1 rings (SSSR count). The van der Waals surface area contributed by atoms with E-state index in [1.54, 1.807) is 39.8 Å². The van der Waals surface area contributed by atoms with Crippen LogP contribution in [-0.4, -0.2) is 34.9 Å². The number of nitro benzene ring substituents is 1. The van der Waals surface area contributed by atoms with Gasteiger partial charge in [0.1, 0.15) is 17.9 Å². The summed E-state index contributed by atoms with van der Waals surface area (Å²) in [6.07, 6.45) is -0.230. The van der Waals surface area contributed by atoms with E-state index in [2.05, 4.69) is 0 Å². The first-order valence-electron chi connectivity index (χ1n) is 6.73. The van der Waals surface area contributed by atoms with Gasteiger partial charge in [0.05, 0.1) is 10.5 Å². The fourth-order valence-electron chi connectivity index (χ4n) is 1.99. The van der Waals surface area contributed by atoms with E-state index in [0.29, 0.717) is 11.8 Å². The van der Waals surface area contributed by atoms with Crippen molar-refractivity contribution < 1.29 is 19.2 Å². The molecule has 0 saturated heterocycles. The van der Waals surface area contributed by atoms with Crippen LogP contribution in [0.5, 0.6) is 0 Å². The van der Waals surface area contributed by atoms with Crippen molar-refractivity contribution in [2.45, 2.75) is 39.3 Å². The first-order valence-corrected chi connectivity index (χ1v) is 6.73. The third-order valence-electron chi connectivity index (χ3n) is 3.00. The van der Waals surface area contributed by atoms with E-state index in [4.69, 9.17) is 4.74 Å². The normalized spacial score (nSPS) is 12.4. The van der Waals surface area contributed by atoms with Crippen LogP contribution in [0.4, 0.5) is 10.5 Å². The standard InChI is InChI=1S/C15H20N2O5/c1-10-7-6-8-11(13(10)17(20)21)12(9-18)16(5)14(19)22-15(2,3)4/h6-9,12H,1-5H3. The van der Waals surface area contributed by atoms with Crippen LogP contribution in [0.25, 0.3) is 0 Å². The van der Waals surface area contributed by atoms with Crippen molar-refractivity contribution in [2.24, 2.45) is 0 Å². The molecule has 1 aromatic carbocycles. The summed E-state index contributed by atoms with van der Waals surface area (Å²) < 4.78 is 5.19. The van der Waals surface area contributed by atoms with E-state index in [-0.39, 0.29) is 11.3 Å². The number of carbonyl (C=O) groups is 2. The minimum absolute atomic E-state index is 0.161. The molecule has 0 aliphatic rings. The van der Waals surface area contributed by atoms with Crippen LogP contribution in [0.3, 0.4) is 0 Å². The molecule has 1 atom stereocenters. The highest BCUT2D eigenvalue weighted by Crippen LogP contribution is 2.31. The lowest BCUT2D eigenvalue weighted by Crippen LogP contribution is -2.37. The van der Waals surface area contributed by atoms with E-state index < -0.39 is 22.7 Å². The van der Waals surface area contributed by atoms with Gasteiger partial charge in [-0.25, -0.2) is 4.79 Å². The minimum Gasteiger partial charge on any atom is -0.444 e. The zero-order valence-electron chi connectivity index (χ0n) is 13.3. The van der Waals surface area contributed by atoms with Crippen molar-refractivity contribution in [1.29, 1.82) is 0 Å². The van der Waals surface area contributed by atoms with Gasteiger partial charge in [-0.15, -0.1) is 0 Å². The zero-order valence-corrected chi connectivity index (χ0v) is 13.3. The van der Waals surface area contributed by atoms with E-state index >= 15 is 0 Å². The van der Waals surface area contributed by atoms with Crippen molar-refractivity contribution >= 4 is 18.1 Å². The number of likely N-dealkylation sites (N-methyl/N-ethyl adjacent to an activating group) is 1. The molecule has 0 fully saturated rings. The number of nitro groups is 1. The summed E-state index contributed by atoms with van der Waals surface area (Å²) in [7, 11) is 1.37. The van der Waals surface area contributed by atoms with Crippen LogP contribution in [0, 0.1) is 17.0 Å². The molecule has 0 heterocycles. The van der Waals surface area contributed by atoms with E-state index in [9.17, 15) is 19.7 Å². The molecule has 0 aliphatic heterocycles. The number of amides is 1. The number of rotatable bonds is 4. The molecule has 0 bridgehead atoms. The fraction of sp³-hybridized carbons (Fsp3) is 0.467. The molecule has 0 spiro atoms. The lowest BCUT2D eigenvalue weighted by molar-refractivity contribution is -0.386. The average Bonchev–Trinajstić information content (AvgIpc) is 2.37. The number of carbonyl (C=O) groups excluding carboxylic acids is 2. The molecule has 0 aromatic heterocycles. The summed E-state index contributed by atoms with van der Waals surface area (Å²) in [6.45, 7) is 6.67. The van der Waals surface area contributed by atoms with Gasteiger partial charge in [-0.3, -0.25) is 15.0 Å². The number of aldehydes is 1. The Bertz CT molecular complexity index is 592. The van der Waals surface area contributed by atoms with Crippen molar-refractivity contribution in [2.75, 3.05) is 7.05 Å². The number of benzene rings is 1. The SMILES string of the molecule is Cc1cccc(C(C=O)N(C)C(=O)OC(C)(C)C)c1[N+](=O)[O-]. The third kappa shape index (κ3) is 4.03. The van der Waals surface area contributed by atoms with Crippen LogP contribution in [0.1, 0.15) is 37.9 Å². The van der Waals surface area contributed by atoms with Gasteiger partial charge in [-0.1, -0.05) is 12.1 Å². The maximum Gasteiger partial charge on any atom is 0.410 e. The lowest BCUT2D eigenvalue weighted by atomic mass is 10.0. The summed E-state index contributed by atoms with van der Waals surface area (Å²) in [5.41, 5.74) is -0.313. The molecule has 0 saturated carbocycles. The van der Waals surface area contributed by atoms with Crippen LogP contribution in [0.15, 0.2) is 18.2 Å². The van der Waals surface area contributed by atoms with Crippen LogP contribution in [-0.2, 0) is 9.53 Å². The molecule has 1 amide bonds. The van der Waals surface area contributed by atoms with Gasteiger partial charge in [0.25, 0.3) is 5.69 Å². The predicted octanol–water partition coefficient (Wildman–Crippen LogP) is 3.01. The van der Waals surface area contributed by atoms with Gasteiger partial charge in [-0.2, -0.15) is 0 Å². The van der Waals surface area contributed by atoms with Gasteiger partial charge in [-0.05, 0) is 33.8 Å². The Balaban J connectivity index is 3.22. The number of nitrogens with zero attached hydrogens (tertiary/aromatic N) is 2. The monoisotopic (exact) mass is 308 g/mol. The molecule has 120 valence electrons. The molecule has 0 aliphatic carbocycles. The number of aryl methyl sites for hydroxylation is 1. The van der Waals surface area contributed by atoms with Crippen molar-refractivity contribution in [1.82, 2.24) is 4.90 Å². The Kier molecular flexibility index (Phi) is 5.24. The van der Waals surface area contributed by atoms with Gasteiger partial charge < -0.3 is 9.53 Å². The minimum atomic E-state index is -1.09. The van der Waals surface area contributed by atoms with Gasteiger partial charge in [0, 0.05) is 12.6 Å². The molecular weight excluding hydrogens is 288 g/mol. The average molecular weight is 308 g/mol. The third-order valence-corrected chi connectivity index (χ3v) is 3.00. The zero-order chi connectivity index (χ0) is 17.1. The lowest BCUT2D eigenvalue weighted by Gasteiger charge is -2.28. The Hall–Kier alpha value is -2.44. The number of para-hydroxylation sites is 1. The highest BCUT2D eigenvalue weighted by Gasteiger charge is 2.31. The topological polar surface area (TPSA) is 89.8 Å². The predicted molar refractivity (Wildman–Crippen MR) is 80.6 cm³/mol. The summed E-state index contributed by atoms with van der Waals surface area (Å²) in [5, 5.41) is 11.2. The first kappa shape index (κ1) is 17.6. The van der Waals surface area contributed by atoms with Gasteiger partial charge in [0.15, 0.2) is 0 Å². The Labute approximate surface area is 129 Å². The van der Waals surface area contributed by atoms with E-state index in [0.717, 1.165) is 4.90 Å².